The van der Waals surface area contributed by atoms with Crippen LogP contribution in [0.4, 0.5) is 17.5 Å². The molecular formula is C23H21ClN4. The number of rotatable bonds is 5. The molecule has 0 aliphatic heterocycles. The molecule has 0 spiro atoms. The van der Waals surface area contributed by atoms with E-state index in [0.29, 0.717) is 12.5 Å². The average Bonchev–Trinajstić information content (AvgIpc) is 2.70. The molecule has 0 unspecified atom stereocenters. The van der Waals surface area contributed by atoms with Gasteiger partial charge in [-0.25, -0.2) is 4.98 Å². The molecule has 0 bridgehead atoms. The molecule has 0 amide bonds. The van der Waals surface area contributed by atoms with Gasteiger partial charge < -0.3 is 10.6 Å². The van der Waals surface area contributed by atoms with Crippen LogP contribution in [-0.2, 0) is 6.54 Å². The van der Waals surface area contributed by atoms with E-state index in [1.807, 2.05) is 54.6 Å². The van der Waals surface area contributed by atoms with E-state index in [4.69, 9.17) is 16.6 Å². The first kappa shape index (κ1) is 18.3. The highest BCUT2D eigenvalue weighted by Gasteiger charge is 2.09. The number of benzene rings is 3. The Morgan fingerprint density at radius 3 is 2.46 bits per heavy atom. The molecule has 0 aliphatic carbocycles. The maximum Gasteiger partial charge on any atom is 0.229 e. The highest BCUT2D eigenvalue weighted by molar-refractivity contribution is 6.31. The van der Waals surface area contributed by atoms with Gasteiger partial charge in [-0.2, -0.15) is 4.98 Å². The van der Waals surface area contributed by atoms with Crippen LogP contribution in [-0.4, -0.2) is 9.97 Å². The Morgan fingerprint density at radius 1 is 0.857 bits per heavy atom. The molecule has 0 fully saturated rings. The Hall–Kier alpha value is -3.11. The Morgan fingerprint density at radius 2 is 1.64 bits per heavy atom. The quantitative estimate of drug-likeness (QED) is 0.424. The molecule has 0 atom stereocenters. The fourth-order valence-electron chi connectivity index (χ4n) is 3.04. The predicted molar refractivity (Wildman–Crippen MR) is 118 cm³/mol. The van der Waals surface area contributed by atoms with Crippen LogP contribution in [0.1, 0.15) is 16.7 Å². The van der Waals surface area contributed by atoms with Gasteiger partial charge >= 0.3 is 0 Å². The van der Waals surface area contributed by atoms with Gasteiger partial charge in [0.25, 0.3) is 0 Å². The molecule has 3 aromatic carbocycles. The summed E-state index contributed by atoms with van der Waals surface area (Å²) >= 11 is 6.29. The Bertz CT molecular complexity index is 1140. The topological polar surface area (TPSA) is 49.8 Å². The zero-order chi connectivity index (χ0) is 19.5. The second-order valence-electron chi connectivity index (χ2n) is 6.78. The molecule has 0 saturated carbocycles. The number of hydrogen-bond donors (Lipinski definition) is 2. The van der Waals surface area contributed by atoms with E-state index in [-0.39, 0.29) is 0 Å². The number of nitrogens with one attached hydrogen (secondary N) is 2. The van der Waals surface area contributed by atoms with Crippen molar-refractivity contribution in [2.45, 2.75) is 20.4 Å². The molecule has 0 saturated heterocycles. The van der Waals surface area contributed by atoms with Gasteiger partial charge in [-0.3, -0.25) is 0 Å². The summed E-state index contributed by atoms with van der Waals surface area (Å²) in [6.45, 7) is 4.78. The van der Waals surface area contributed by atoms with Gasteiger partial charge in [-0.15, -0.1) is 0 Å². The van der Waals surface area contributed by atoms with E-state index >= 15 is 0 Å². The van der Waals surface area contributed by atoms with Gasteiger partial charge in [-0.05, 0) is 60.9 Å². The summed E-state index contributed by atoms with van der Waals surface area (Å²) in [6, 6.07) is 22.0. The van der Waals surface area contributed by atoms with Gasteiger partial charge in [0.05, 0.1) is 5.52 Å². The molecule has 1 aromatic heterocycles. The summed E-state index contributed by atoms with van der Waals surface area (Å²) in [5.41, 5.74) is 5.35. The smallest absolute Gasteiger partial charge is 0.229 e. The molecule has 0 aliphatic rings. The third-order valence-corrected chi connectivity index (χ3v) is 5.14. The Balaban J connectivity index is 1.66. The SMILES string of the molecule is Cc1ccc(Nc2nc(NCc3ccccc3Cl)c3ccccc3n2)cc1C. The highest BCUT2D eigenvalue weighted by Crippen LogP contribution is 2.25. The third kappa shape index (κ3) is 3.92. The highest BCUT2D eigenvalue weighted by atomic mass is 35.5. The molecule has 1 heterocycles. The number of para-hydroxylation sites is 1. The molecular weight excluding hydrogens is 368 g/mol. The third-order valence-electron chi connectivity index (χ3n) is 4.77. The van der Waals surface area contributed by atoms with Crippen molar-refractivity contribution < 1.29 is 0 Å². The first-order valence-corrected chi connectivity index (χ1v) is 9.56. The van der Waals surface area contributed by atoms with E-state index in [1.54, 1.807) is 0 Å². The van der Waals surface area contributed by atoms with Crippen LogP contribution in [0.15, 0.2) is 66.7 Å². The van der Waals surface area contributed by atoms with Gasteiger partial charge in [0.2, 0.25) is 5.95 Å². The number of aryl methyl sites for hydroxylation is 2. The second-order valence-corrected chi connectivity index (χ2v) is 7.19. The normalized spacial score (nSPS) is 10.8. The van der Waals surface area contributed by atoms with Crippen LogP contribution in [0.5, 0.6) is 0 Å². The summed E-state index contributed by atoms with van der Waals surface area (Å²) in [7, 11) is 0. The van der Waals surface area contributed by atoms with Gasteiger partial charge in [0.1, 0.15) is 5.82 Å². The fraction of sp³-hybridized carbons (Fsp3) is 0.130. The number of hydrogen-bond acceptors (Lipinski definition) is 4. The second kappa shape index (κ2) is 7.87. The van der Waals surface area contributed by atoms with Crippen molar-refractivity contribution >= 4 is 40.0 Å². The summed E-state index contributed by atoms with van der Waals surface area (Å²) < 4.78 is 0. The molecule has 2 N–H and O–H groups in total. The first-order valence-electron chi connectivity index (χ1n) is 9.18. The molecule has 140 valence electrons. The zero-order valence-corrected chi connectivity index (χ0v) is 16.6. The number of halogens is 1. The van der Waals surface area contributed by atoms with E-state index in [9.17, 15) is 0 Å². The van der Waals surface area contributed by atoms with Gasteiger partial charge in [0.15, 0.2) is 0 Å². The van der Waals surface area contributed by atoms with E-state index in [0.717, 1.165) is 33.0 Å². The monoisotopic (exact) mass is 388 g/mol. The molecule has 28 heavy (non-hydrogen) atoms. The Labute approximate surface area is 169 Å². The van der Waals surface area contributed by atoms with Gasteiger partial charge in [0, 0.05) is 22.6 Å². The number of anilines is 3. The summed E-state index contributed by atoms with van der Waals surface area (Å²) in [5, 5.41) is 8.45. The lowest BCUT2D eigenvalue weighted by molar-refractivity contribution is 1.10. The molecule has 4 rings (SSSR count). The minimum Gasteiger partial charge on any atom is -0.365 e. The minimum absolute atomic E-state index is 0.559. The van der Waals surface area contributed by atoms with Crippen molar-refractivity contribution in [3.05, 3.63) is 88.4 Å². The van der Waals surface area contributed by atoms with E-state index < -0.39 is 0 Å². The van der Waals surface area contributed by atoms with Crippen LogP contribution >= 0.6 is 11.6 Å². The van der Waals surface area contributed by atoms with Crippen LogP contribution in [0, 0.1) is 13.8 Å². The first-order chi connectivity index (χ1) is 13.6. The predicted octanol–water partition coefficient (Wildman–Crippen LogP) is 6.26. The fourth-order valence-corrected chi connectivity index (χ4v) is 3.24. The van der Waals surface area contributed by atoms with Gasteiger partial charge in [-0.1, -0.05) is 48.0 Å². The van der Waals surface area contributed by atoms with Crippen molar-refractivity contribution in [2.75, 3.05) is 10.6 Å². The van der Waals surface area contributed by atoms with Crippen LogP contribution in [0.3, 0.4) is 0 Å². The van der Waals surface area contributed by atoms with Crippen molar-refractivity contribution in [1.82, 2.24) is 9.97 Å². The lowest BCUT2D eigenvalue weighted by Gasteiger charge is -2.13. The lowest BCUT2D eigenvalue weighted by atomic mass is 10.1. The van der Waals surface area contributed by atoms with Crippen molar-refractivity contribution in [3.8, 4) is 0 Å². The minimum atomic E-state index is 0.559. The molecule has 4 aromatic rings. The average molecular weight is 389 g/mol. The molecule has 4 nitrogen and oxygen atoms in total. The summed E-state index contributed by atoms with van der Waals surface area (Å²) in [4.78, 5) is 9.38. The van der Waals surface area contributed by atoms with E-state index in [2.05, 4.69) is 41.6 Å². The number of fused-ring (bicyclic) bond motifs is 1. The lowest BCUT2D eigenvalue weighted by Crippen LogP contribution is -2.06. The molecule has 5 heteroatoms. The summed E-state index contributed by atoms with van der Waals surface area (Å²) in [6.07, 6.45) is 0. The Kier molecular flexibility index (Phi) is 5.13. The maximum atomic E-state index is 6.29. The van der Waals surface area contributed by atoms with Crippen molar-refractivity contribution in [2.24, 2.45) is 0 Å². The zero-order valence-electron chi connectivity index (χ0n) is 15.8. The number of aromatic nitrogens is 2. The standard InChI is InChI=1S/C23H21ClN4/c1-15-11-12-18(13-16(15)2)26-23-27-21-10-6-4-8-19(21)22(28-23)25-14-17-7-3-5-9-20(17)24/h3-13H,14H2,1-2H3,(H2,25,26,27,28). The molecule has 0 radical (unpaired) electrons. The van der Waals surface area contributed by atoms with Crippen molar-refractivity contribution in [1.29, 1.82) is 0 Å². The van der Waals surface area contributed by atoms with E-state index in [1.165, 1.54) is 11.1 Å². The van der Waals surface area contributed by atoms with Crippen LogP contribution in [0.25, 0.3) is 10.9 Å². The van der Waals surface area contributed by atoms with Crippen LogP contribution < -0.4 is 10.6 Å². The summed E-state index contributed by atoms with van der Waals surface area (Å²) in [5.74, 6) is 1.33. The number of nitrogens with zero attached hydrogens (tertiary/aromatic N) is 2. The largest absolute Gasteiger partial charge is 0.365 e. The van der Waals surface area contributed by atoms with Crippen molar-refractivity contribution in [3.63, 3.8) is 0 Å². The van der Waals surface area contributed by atoms with Crippen LogP contribution in [0.2, 0.25) is 5.02 Å². The maximum absolute atomic E-state index is 6.29.